The minimum Gasteiger partial charge on any atom is -0.469 e. The minimum atomic E-state index is -0.194. The molecule has 0 saturated carbocycles. The molecule has 1 aromatic rings. The van der Waals surface area contributed by atoms with Crippen molar-refractivity contribution >= 4 is 5.97 Å². The lowest BCUT2D eigenvalue weighted by Crippen LogP contribution is -2.30. The van der Waals surface area contributed by atoms with Gasteiger partial charge >= 0.3 is 5.97 Å². The van der Waals surface area contributed by atoms with Gasteiger partial charge in [-0.1, -0.05) is 6.07 Å². The number of aromatic nitrogens is 1. The van der Waals surface area contributed by atoms with Crippen LogP contribution in [0.1, 0.15) is 17.7 Å². The summed E-state index contributed by atoms with van der Waals surface area (Å²) in [6, 6.07) is 3.96. The zero-order valence-electron chi connectivity index (χ0n) is 11.9. The van der Waals surface area contributed by atoms with Gasteiger partial charge in [-0.15, -0.1) is 0 Å². The third-order valence-corrected chi connectivity index (χ3v) is 2.96. The van der Waals surface area contributed by atoms with Crippen molar-refractivity contribution < 1.29 is 14.3 Å². The van der Waals surface area contributed by atoms with Gasteiger partial charge in [0.1, 0.15) is 0 Å². The molecule has 106 valence electrons. The molecule has 0 atom stereocenters. The van der Waals surface area contributed by atoms with Gasteiger partial charge in [-0.25, -0.2) is 0 Å². The van der Waals surface area contributed by atoms with Crippen molar-refractivity contribution in [2.45, 2.75) is 19.9 Å². The molecule has 0 amide bonds. The van der Waals surface area contributed by atoms with Crippen LogP contribution in [-0.2, 0) is 20.8 Å². The maximum absolute atomic E-state index is 11.2. The molecule has 5 nitrogen and oxygen atoms in total. The van der Waals surface area contributed by atoms with E-state index in [0.29, 0.717) is 26.1 Å². The van der Waals surface area contributed by atoms with E-state index in [2.05, 4.69) is 14.6 Å². The Bertz CT molecular complexity index is 396. The summed E-state index contributed by atoms with van der Waals surface area (Å²) in [6.07, 6.45) is 2.17. The molecule has 0 fully saturated rings. The van der Waals surface area contributed by atoms with Crippen LogP contribution in [0.15, 0.2) is 18.3 Å². The Balaban J connectivity index is 2.58. The summed E-state index contributed by atoms with van der Waals surface area (Å²) in [4.78, 5) is 17.7. The van der Waals surface area contributed by atoms with Crippen molar-refractivity contribution in [3.8, 4) is 0 Å². The summed E-state index contributed by atoms with van der Waals surface area (Å²) in [7, 11) is 3.08. The fourth-order valence-corrected chi connectivity index (χ4v) is 1.74. The van der Waals surface area contributed by atoms with Crippen LogP contribution in [0.5, 0.6) is 0 Å². The van der Waals surface area contributed by atoms with Gasteiger partial charge in [0.05, 0.1) is 25.8 Å². The number of carbonyl (C=O) groups is 1. The Morgan fingerprint density at radius 2 is 2.16 bits per heavy atom. The summed E-state index contributed by atoms with van der Waals surface area (Å²) in [5, 5.41) is 0. The van der Waals surface area contributed by atoms with Crippen molar-refractivity contribution in [3.05, 3.63) is 29.6 Å². The number of nitrogens with zero attached hydrogens (tertiary/aromatic N) is 2. The molecule has 0 aliphatic carbocycles. The summed E-state index contributed by atoms with van der Waals surface area (Å²) in [5.41, 5.74) is 2.19. The molecule has 0 bridgehead atoms. The number of esters is 1. The number of aryl methyl sites for hydroxylation is 1. The van der Waals surface area contributed by atoms with E-state index in [9.17, 15) is 4.79 Å². The van der Waals surface area contributed by atoms with Gasteiger partial charge in [0.2, 0.25) is 0 Å². The van der Waals surface area contributed by atoms with E-state index in [4.69, 9.17) is 4.74 Å². The van der Waals surface area contributed by atoms with Crippen LogP contribution in [-0.4, -0.2) is 49.8 Å². The Morgan fingerprint density at radius 3 is 2.79 bits per heavy atom. The molecule has 1 rings (SSSR count). The van der Waals surface area contributed by atoms with Crippen LogP contribution in [0, 0.1) is 6.92 Å². The molecular formula is C14H22N2O3. The molecule has 19 heavy (non-hydrogen) atoms. The molecule has 0 N–H and O–H groups in total. The zero-order chi connectivity index (χ0) is 14.1. The van der Waals surface area contributed by atoms with E-state index in [1.165, 1.54) is 7.11 Å². The lowest BCUT2D eigenvalue weighted by Gasteiger charge is -2.21. The van der Waals surface area contributed by atoms with E-state index in [1.807, 2.05) is 19.1 Å². The van der Waals surface area contributed by atoms with Crippen LogP contribution >= 0.6 is 0 Å². The molecular weight excluding hydrogens is 244 g/mol. The number of rotatable bonds is 8. The second kappa shape index (κ2) is 8.61. The number of pyridine rings is 1. The quantitative estimate of drug-likeness (QED) is 0.666. The SMILES string of the molecule is COCCN(CCC(=O)OC)Cc1ncccc1C. The molecule has 0 spiro atoms. The molecule has 1 aromatic heterocycles. The molecule has 1 heterocycles. The molecule has 5 heteroatoms. The average Bonchev–Trinajstić information content (AvgIpc) is 2.43. The van der Waals surface area contributed by atoms with Gasteiger partial charge in [0.25, 0.3) is 0 Å². The third-order valence-electron chi connectivity index (χ3n) is 2.96. The van der Waals surface area contributed by atoms with Crippen molar-refractivity contribution in [2.24, 2.45) is 0 Å². The summed E-state index contributed by atoms with van der Waals surface area (Å²) in [5.74, 6) is -0.194. The summed E-state index contributed by atoms with van der Waals surface area (Å²) >= 11 is 0. The second-order valence-electron chi connectivity index (χ2n) is 4.36. The normalized spacial score (nSPS) is 10.7. The first kappa shape index (κ1) is 15.6. The molecule has 0 aliphatic heterocycles. The number of carbonyl (C=O) groups excluding carboxylic acids is 1. The van der Waals surface area contributed by atoms with Crippen LogP contribution in [0.3, 0.4) is 0 Å². The monoisotopic (exact) mass is 266 g/mol. The first-order chi connectivity index (χ1) is 9.17. The first-order valence-electron chi connectivity index (χ1n) is 6.36. The maximum Gasteiger partial charge on any atom is 0.306 e. The number of methoxy groups -OCH3 is 2. The van der Waals surface area contributed by atoms with Crippen LogP contribution in [0.4, 0.5) is 0 Å². The van der Waals surface area contributed by atoms with Crippen molar-refractivity contribution in [3.63, 3.8) is 0 Å². The van der Waals surface area contributed by atoms with E-state index in [0.717, 1.165) is 17.8 Å². The van der Waals surface area contributed by atoms with Gasteiger partial charge in [-0.05, 0) is 18.6 Å². The lowest BCUT2D eigenvalue weighted by molar-refractivity contribution is -0.141. The van der Waals surface area contributed by atoms with Crippen LogP contribution in [0.2, 0.25) is 0 Å². The van der Waals surface area contributed by atoms with Gasteiger partial charge in [0.15, 0.2) is 0 Å². The Kier molecular flexibility index (Phi) is 7.07. The van der Waals surface area contributed by atoms with E-state index in [-0.39, 0.29) is 5.97 Å². The number of hydrogen-bond acceptors (Lipinski definition) is 5. The highest BCUT2D eigenvalue weighted by Gasteiger charge is 2.11. The predicted molar refractivity (Wildman–Crippen MR) is 72.8 cm³/mol. The summed E-state index contributed by atoms with van der Waals surface area (Å²) in [6.45, 7) is 4.80. The van der Waals surface area contributed by atoms with Crippen LogP contribution in [0.25, 0.3) is 0 Å². The van der Waals surface area contributed by atoms with Crippen molar-refractivity contribution in [2.75, 3.05) is 33.9 Å². The number of ether oxygens (including phenoxy) is 2. The maximum atomic E-state index is 11.2. The standard InChI is InChI=1S/C14H22N2O3/c1-12-5-4-7-15-13(12)11-16(9-10-18-2)8-6-14(17)19-3/h4-5,7H,6,8-11H2,1-3H3. The highest BCUT2D eigenvalue weighted by molar-refractivity contribution is 5.69. The molecule has 0 saturated heterocycles. The largest absolute Gasteiger partial charge is 0.469 e. The second-order valence-corrected chi connectivity index (χ2v) is 4.36. The Hall–Kier alpha value is -1.46. The Labute approximate surface area is 114 Å². The summed E-state index contributed by atoms with van der Waals surface area (Å²) < 4.78 is 9.76. The van der Waals surface area contributed by atoms with Crippen molar-refractivity contribution in [1.82, 2.24) is 9.88 Å². The molecule has 0 aromatic carbocycles. The van der Waals surface area contributed by atoms with Crippen LogP contribution < -0.4 is 0 Å². The predicted octanol–water partition coefficient (Wildman–Crippen LogP) is 1.40. The van der Waals surface area contributed by atoms with E-state index < -0.39 is 0 Å². The van der Waals surface area contributed by atoms with Crippen molar-refractivity contribution in [1.29, 1.82) is 0 Å². The first-order valence-corrected chi connectivity index (χ1v) is 6.36. The Morgan fingerprint density at radius 1 is 1.37 bits per heavy atom. The molecule has 0 radical (unpaired) electrons. The highest BCUT2D eigenvalue weighted by atomic mass is 16.5. The minimum absolute atomic E-state index is 0.194. The van der Waals surface area contributed by atoms with Gasteiger partial charge in [-0.2, -0.15) is 0 Å². The number of hydrogen-bond donors (Lipinski definition) is 0. The lowest BCUT2D eigenvalue weighted by atomic mass is 10.2. The third kappa shape index (κ3) is 5.81. The van der Waals surface area contributed by atoms with E-state index >= 15 is 0 Å². The fourth-order valence-electron chi connectivity index (χ4n) is 1.74. The van der Waals surface area contributed by atoms with Gasteiger partial charge in [0, 0.05) is 32.9 Å². The van der Waals surface area contributed by atoms with Gasteiger partial charge in [-0.3, -0.25) is 14.7 Å². The van der Waals surface area contributed by atoms with Gasteiger partial charge < -0.3 is 9.47 Å². The fraction of sp³-hybridized carbons (Fsp3) is 0.571. The van der Waals surface area contributed by atoms with E-state index in [1.54, 1.807) is 13.3 Å². The molecule has 0 aliphatic rings. The zero-order valence-corrected chi connectivity index (χ0v) is 11.9. The average molecular weight is 266 g/mol. The molecule has 0 unspecified atom stereocenters. The smallest absolute Gasteiger partial charge is 0.306 e. The highest BCUT2D eigenvalue weighted by Crippen LogP contribution is 2.08. The topological polar surface area (TPSA) is 51.7 Å².